The molecule has 4 nitrogen and oxygen atoms in total. The van der Waals surface area contributed by atoms with Crippen molar-refractivity contribution in [3.8, 4) is 6.07 Å². The van der Waals surface area contributed by atoms with Crippen LogP contribution in [0, 0.1) is 11.3 Å². The molecule has 0 radical (unpaired) electrons. The second-order valence-electron chi connectivity index (χ2n) is 6.49. The van der Waals surface area contributed by atoms with Crippen LogP contribution in [0.15, 0.2) is 0 Å². The lowest BCUT2D eigenvalue weighted by Crippen LogP contribution is -2.45. The average Bonchev–Trinajstić information content (AvgIpc) is 3.28. The quantitative estimate of drug-likeness (QED) is 0.693. The number of morpholine rings is 1. The van der Waals surface area contributed by atoms with Gasteiger partial charge in [-0.2, -0.15) is 5.26 Å². The number of rotatable bonds is 8. The topological polar surface area (TPSA) is 48.3 Å². The Hall–Kier alpha value is -0.630. The van der Waals surface area contributed by atoms with Crippen LogP contribution >= 0.6 is 0 Å². The Morgan fingerprint density at radius 2 is 2.20 bits per heavy atom. The summed E-state index contributed by atoms with van der Waals surface area (Å²) in [7, 11) is 0. The SMILES string of the molecule is CCC1COCCN1CCCCC(C)(C#N)NC1CC1. The van der Waals surface area contributed by atoms with Crippen LogP contribution in [0.25, 0.3) is 0 Å². The van der Waals surface area contributed by atoms with E-state index in [1.807, 2.05) is 0 Å². The van der Waals surface area contributed by atoms with Gasteiger partial charge in [-0.3, -0.25) is 10.2 Å². The fourth-order valence-electron chi connectivity index (χ4n) is 2.99. The molecule has 114 valence electrons. The van der Waals surface area contributed by atoms with Crippen molar-refractivity contribution in [3.05, 3.63) is 0 Å². The van der Waals surface area contributed by atoms with Gasteiger partial charge >= 0.3 is 0 Å². The number of unbranched alkanes of at least 4 members (excludes halogenated alkanes) is 1. The number of nitrogens with one attached hydrogen (secondary N) is 1. The molecule has 1 N–H and O–H groups in total. The molecule has 1 aliphatic carbocycles. The van der Waals surface area contributed by atoms with E-state index in [0.717, 1.165) is 39.1 Å². The molecule has 2 atom stereocenters. The van der Waals surface area contributed by atoms with Crippen LogP contribution in [-0.4, -0.2) is 48.8 Å². The highest BCUT2D eigenvalue weighted by molar-refractivity contribution is 5.06. The molecule has 1 aliphatic heterocycles. The maximum atomic E-state index is 9.35. The molecule has 2 unspecified atom stereocenters. The van der Waals surface area contributed by atoms with E-state index in [2.05, 4.69) is 30.1 Å². The molecule has 2 aliphatic rings. The number of nitrogens with zero attached hydrogens (tertiary/aromatic N) is 2. The molecule has 0 aromatic carbocycles. The number of hydrogen-bond acceptors (Lipinski definition) is 4. The molecule has 1 heterocycles. The van der Waals surface area contributed by atoms with Crippen molar-refractivity contribution < 1.29 is 4.74 Å². The molecule has 1 saturated heterocycles. The van der Waals surface area contributed by atoms with Gasteiger partial charge in [-0.05, 0) is 52.0 Å². The largest absolute Gasteiger partial charge is 0.378 e. The third-order valence-corrected chi connectivity index (χ3v) is 4.54. The van der Waals surface area contributed by atoms with E-state index in [4.69, 9.17) is 4.74 Å². The van der Waals surface area contributed by atoms with Crippen molar-refractivity contribution in [1.29, 1.82) is 5.26 Å². The summed E-state index contributed by atoms with van der Waals surface area (Å²) in [6.07, 6.45) is 6.91. The summed E-state index contributed by atoms with van der Waals surface area (Å²) in [5.74, 6) is 0. The zero-order valence-electron chi connectivity index (χ0n) is 13.0. The van der Waals surface area contributed by atoms with E-state index in [1.165, 1.54) is 25.7 Å². The molecule has 0 spiro atoms. The van der Waals surface area contributed by atoms with Gasteiger partial charge in [-0.1, -0.05) is 6.92 Å². The second kappa shape index (κ2) is 7.40. The average molecular weight is 279 g/mol. The van der Waals surface area contributed by atoms with Gasteiger partial charge in [0.1, 0.15) is 5.54 Å². The molecular formula is C16H29N3O. The smallest absolute Gasteiger partial charge is 0.104 e. The van der Waals surface area contributed by atoms with Gasteiger partial charge in [0.15, 0.2) is 0 Å². The fraction of sp³-hybridized carbons (Fsp3) is 0.938. The number of ether oxygens (including phenoxy) is 1. The van der Waals surface area contributed by atoms with Gasteiger partial charge in [0.25, 0.3) is 0 Å². The molecule has 0 amide bonds. The van der Waals surface area contributed by atoms with Crippen LogP contribution in [0.2, 0.25) is 0 Å². The summed E-state index contributed by atoms with van der Waals surface area (Å²) < 4.78 is 5.54. The van der Waals surface area contributed by atoms with Gasteiger partial charge in [0, 0.05) is 18.6 Å². The van der Waals surface area contributed by atoms with Crippen LogP contribution in [0.4, 0.5) is 0 Å². The molecule has 2 fully saturated rings. The van der Waals surface area contributed by atoms with Gasteiger partial charge in [0.05, 0.1) is 19.3 Å². The Kier molecular flexibility index (Phi) is 5.83. The fourth-order valence-corrected chi connectivity index (χ4v) is 2.99. The maximum absolute atomic E-state index is 9.35. The number of nitriles is 1. The Morgan fingerprint density at radius 1 is 1.40 bits per heavy atom. The predicted octanol–water partition coefficient (Wildman–Crippen LogP) is 2.30. The minimum absolute atomic E-state index is 0.323. The van der Waals surface area contributed by atoms with E-state index in [9.17, 15) is 5.26 Å². The second-order valence-corrected chi connectivity index (χ2v) is 6.49. The molecule has 0 aromatic heterocycles. The van der Waals surface area contributed by atoms with Crippen LogP contribution < -0.4 is 5.32 Å². The van der Waals surface area contributed by atoms with Gasteiger partial charge in [-0.25, -0.2) is 0 Å². The Balaban J connectivity index is 1.65. The van der Waals surface area contributed by atoms with Crippen molar-refractivity contribution in [2.24, 2.45) is 0 Å². The maximum Gasteiger partial charge on any atom is 0.104 e. The molecule has 0 bridgehead atoms. The first-order chi connectivity index (χ1) is 9.67. The summed E-state index contributed by atoms with van der Waals surface area (Å²) in [4.78, 5) is 2.56. The third-order valence-electron chi connectivity index (χ3n) is 4.54. The lowest BCUT2D eigenvalue weighted by atomic mass is 9.96. The lowest BCUT2D eigenvalue weighted by Gasteiger charge is -2.35. The minimum Gasteiger partial charge on any atom is -0.378 e. The molecule has 2 rings (SSSR count). The van der Waals surface area contributed by atoms with Crippen LogP contribution in [0.1, 0.15) is 52.4 Å². The van der Waals surface area contributed by atoms with Gasteiger partial charge in [0.2, 0.25) is 0 Å². The molecule has 1 saturated carbocycles. The first kappa shape index (κ1) is 15.8. The van der Waals surface area contributed by atoms with Gasteiger partial charge < -0.3 is 4.74 Å². The van der Waals surface area contributed by atoms with Crippen LogP contribution in [0.3, 0.4) is 0 Å². The van der Waals surface area contributed by atoms with Crippen molar-refractivity contribution in [2.45, 2.75) is 70.0 Å². The standard InChI is InChI=1S/C16H29N3O/c1-3-15-12-20-11-10-19(15)9-5-4-8-16(2,13-17)18-14-6-7-14/h14-15,18H,3-12H2,1-2H3. The predicted molar refractivity (Wildman–Crippen MR) is 80.5 cm³/mol. The highest BCUT2D eigenvalue weighted by Gasteiger charge is 2.32. The zero-order chi connectivity index (χ0) is 14.4. The molecule has 20 heavy (non-hydrogen) atoms. The summed E-state index contributed by atoms with van der Waals surface area (Å²) in [6.45, 7) is 8.25. The first-order valence-corrected chi connectivity index (χ1v) is 8.17. The van der Waals surface area contributed by atoms with Crippen molar-refractivity contribution >= 4 is 0 Å². The van der Waals surface area contributed by atoms with Crippen molar-refractivity contribution in [3.63, 3.8) is 0 Å². The first-order valence-electron chi connectivity index (χ1n) is 8.17. The highest BCUT2D eigenvalue weighted by Crippen LogP contribution is 2.25. The third kappa shape index (κ3) is 4.73. The monoisotopic (exact) mass is 279 g/mol. The molecule has 0 aromatic rings. The van der Waals surface area contributed by atoms with E-state index in [0.29, 0.717) is 12.1 Å². The molecule has 4 heteroatoms. The Bertz CT molecular complexity index is 337. The zero-order valence-corrected chi connectivity index (χ0v) is 13.0. The summed E-state index contributed by atoms with van der Waals surface area (Å²) >= 11 is 0. The van der Waals surface area contributed by atoms with E-state index < -0.39 is 0 Å². The van der Waals surface area contributed by atoms with Gasteiger partial charge in [-0.15, -0.1) is 0 Å². The van der Waals surface area contributed by atoms with Crippen LogP contribution in [-0.2, 0) is 4.74 Å². The van der Waals surface area contributed by atoms with Crippen LogP contribution in [0.5, 0.6) is 0 Å². The van der Waals surface area contributed by atoms with E-state index in [-0.39, 0.29) is 5.54 Å². The van der Waals surface area contributed by atoms with Crippen molar-refractivity contribution in [1.82, 2.24) is 10.2 Å². The normalized spacial score (nSPS) is 26.9. The summed E-state index contributed by atoms with van der Waals surface area (Å²) in [5.41, 5.74) is -0.323. The Morgan fingerprint density at radius 3 is 2.85 bits per heavy atom. The summed E-state index contributed by atoms with van der Waals surface area (Å²) in [5, 5.41) is 12.8. The highest BCUT2D eigenvalue weighted by atomic mass is 16.5. The van der Waals surface area contributed by atoms with E-state index in [1.54, 1.807) is 0 Å². The Labute approximate surface area is 123 Å². The minimum atomic E-state index is -0.323. The molecular weight excluding hydrogens is 250 g/mol. The number of hydrogen-bond donors (Lipinski definition) is 1. The summed E-state index contributed by atoms with van der Waals surface area (Å²) in [6, 6.07) is 3.66. The van der Waals surface area contributed by atoms with Crippen molar-refractivity contribution in [2.75, 3.05) is 26.3 Å². The lowest BCUT2D eigenvalue weighted by molar-refractivity contribution is -0.00928. The van der Waals surface area contributed by atoms with E-state index >= 15 is 0 Å².